The van der Waals surface area contributed by atoms with Crippen molar-refractivity contribution in [3.8, 4) is 5.75 Å². The second kappa shape index (κ2) is 8.70. The number of allylic oxidation sites excluding steroid dienone is 1. The van der Waals surface area contributed by atoms with E-state index in [9.17, 15) is 13.6 Å². The Kier molecular flexibility index (Phi) is 5.96. The summed E-state index contributed by atoms with van der Waals surface area (Å²) in [7, 11) is 0. The van der Waals surface area contributed by atoms with Crippen LogP contribution in [0.5, 0.6) is 5.75 Å². The summed E-state index contributed by atoms with van der Waals surface area (Å²) in [5, 5.41) is 10.2. The molecule has 1 amide bonds. The SMILES string of the molecule is CC1=C(C(=O)Nc2ccc(C)cc2C)[C@@H](c2cc(Br)ccc2OC(F)F)n2ncnc2N1. The van der Waals surface area contributed by atoms with Gasteiger partial charge in [-0.05, 0) is 50.6 Å². The van der Waals surface area contributed by atoms with E-state index in [4.69, 9.17) is 4.74 Å². The standard InChI is InChI=1S/C22H20BrF2N5O2/c1-11-4-6-16(12(2)8-11)29-20(31)18-13(3)28-22-26-10-27-30(22)19(18)15-9-14(23)5-7-17(15)32-21(24)25/h4-10,19,21H,1-3H3,(H,29,31)(H,26,27,28)/t19-/m1/s1. The molecule has 1 aliphatic heterocycles. The first kappa shape index (κ1) is 21.9. The van der Waals surface area contributed by atoms with E-state index in [1.54, 1.807) is 19.1 Å². The number of rotatable bonds is 5. The molecular formula is C22H20BrF2N5O2. The van der Waals surface area contributed by atoms with E-state index in [-0.39, 0.29) is 5.75 Å². The fourth-order valence-corrected chi connectivity index (χ4v) is 4.13. The number of benzene rings is 2. The summed E-state index contributed by atoms with van der Waals surface area (Å²) < 4.78 is 33.1. The zero-order valence-corrected chi connectivity index (χ0v) is 19.1. The van der Waals surface area contributed by atoms with Crippen molar-refractivity contribution >= 4 is 33.5 Å². The number of nitrogens with one attached hydrogen (secondary N) is 2. The maximum absolute atomic E-state index is 13.5. The van der Waals surface area contributed by atoms with E-state index >= 15 is 0 Å². The molecule has 1 aliphatic rings. The first-order valence-corrected chi connectivity index (χ1v) is 10.5. The van der Waals surface area contributed by atoms with Gasteiger partial charge in [-0.3, -0.25) is 4.79 Å². The lowest BCUT2D eigenvalue weighted by atomic mass is 9.94. The van der Waals surface area contributed by atoms with Crippen LogP contribution in [0.1, 0.15) is 29.7 Å². The third-order valence-electron chi connectivity index (χ3n) is 5.15. The van der Waals surface area contributed by atoms with Crippen LogP contribution in [-0.4, -0.2) is 27.3 Å². The number of aryl methyl sites for hydroxylation is 2. The van der Waals surface area contributed by atoms with E-state index in [1.165, 1.54) is 17.1 Å². The predicted molar refractivity (Wildman–Crippen MR) is 120 cm³/mol. The van der Waals surface area contributed by atoms with Crippen LogP contribution in [0.3, 0.4) is 0 Å². The van der Waals surface area contributed by atoms with Gasteiger partial charge in [0.1, 0.15) is 18.1 Å². The summed E-state index contributed by atoms with van der Waals surface area (Å²) in [6.07, 6.45) is 1.33. The fraction of sp³-hybridized carbons (Fsp3) is 0.227. The molecule has 4 rings (SSSR count). The molecule has 1 aromatic heterocycles. The number of anilines is 2. The maximum atomic E-state index is 13.5. The normalized spacial score (nSPS) is 15.4. The van der Waals surface area contributed by atoms with Gasteiger partial charge in [0.05, 0.1) is 5.57 Å². The van der Waals surface area contributed by atoms with E-state index in [0.29, 0.717) is 32.9 Å². The van der Waals surface area contributed by atoms with E-state index in [0.717, 1.165) is 11.1 Å². The number of halogens is 3. The highest BCUT2D eigenvalue weighted by Gasteiger charge is 2.36. The summed E-state index contributed by atoms with van der Waals surface area (Å²) in [5.74, 6) is -0.0595. The molecule has 2 heterocycles. The molecule has 2 aromatic carbocycles. The Bertz CT molecular complexity index is 1220. The average Bonchev–Trinajstić information content (AvgIpc) is 3.18. The van der Waals surface area contributed by atoms with E-state index in [1.807, 2.05) is 32.0 Å². The highest BCUT2D eigenvalue weighted by Crippen LogP contribution is 2.40. The molecule has 0 unspecified atom stereocenters. The second-order valence-corrected chi connectivity index (χ2v) is 8.34. The molecule has 32 heavy (non-hydrogen) atoms. The zero-order chi connectivity index (χ0) is 23.0. The second-order valence-electron chi connectivity index (χ2n) is 7.43. The Hall–Kier alpha value is -3.27. The topological polar surface area (TPSA) is 81.1 Å². The van der Waals surface area contributed by atoms with Crippen molar-refractivity contribution in [3.63, 3.8) is 0 Å². The van der Waals surface area contributed by atoms with Crippen LogP contribution >= 0.6 is 15.9 Å². The number of carbonyl (C=O) groups is 1. The zero-order valence-electron chi connectivity index (χ0n) is 17.5. The minimum absolute atomic E-state index is 0.0545. The Morgan fingerprint density at radius 3 is 2.72 bits per heavy atom. The largest absolute Gasteiger partial charge is 0.434 e. The number of aromatic nitrogens is 3. The predicted octanol–water partition coefficient (Wildman–Crippen LogP) is 5.19. The molecule has 0 bridgehead atoms. The van der Waals surface area contributed by atoms with Gasteiger partial charge in [0, 0.05) is 21.4 Å². The smallest absolute Gasteiger partial charge is 0.387 e. The molecule has 166 valence electrons. The van der Waals surface area contributed by atoms with Crippen molar-refractivity contribution in [2.24, 2.45) is 0 Å². The van der Waals surface area contributed by atoms with Crippen molar-refractivity contribution in [2.75, 3.05) is 10.6 Å². The van der Waals surface area contributed by atoms with Crippen LogP contribution in [0.2, 0.25) is 0 Å². The van der Waals surface area contributed by atoms with Crippen LogP contribution < -0.4 is 15.4 Å². The number of nitrogens with zero attached hydrogens (tertiary/aromatic N) is 3. The molecule has 2 N–H and O–H groups in total. The number of fused-ring (bicyclic) bond motifs is 1. The molecule has 3 aromatic rings. The third-order valence-corrected chi connectivity index (χ3v) is 5.64. The molecule has 0 fully saturated rings. The maximum Gasteiger partial charge on any atom is 0.387 e. The Balaban J connectivity index is 1.82. The highest BCUT2D eigenvalue weighted by atomic mass is 79.9. The van der Waals surface area contributed by atoms with Gasteiger partial charge in [-0.25, -0.2) is 4.68 Å². The van der Waals surface area contributed by atoms with Crippen LogP contribution in [0.15, 0.2) is 58.5 Å². The van der Waals surface area contributed by atoms with Gasteiger partial charge in [-0.2, -0.15) is 18.9 Å². The van der Waals surface area contributed by atoms with Gasteiger partial charge in [0.2, 0.25) is 5.95 Å². The number of hydrogen-bond donors (Lipinski definition) is 2. The van der Waals surface area contributed by atoms with Crippen LogP contribution in [0.25, 0.3) is 0 Å². The van der Waals surface area contributed by atoms with Gasteiger partial charge in [-0.15, -0.1) is 0 Å². The molecule has 0 saturated carbocycles. The Labute approximate surface area is 191 Å². The lowest BCUT2D eigenvalue weighted by molar-refractivity contribution is -0.113. The Morgan fingerprint density at radius 2 is 2.00 bits per heavy atom. The van der Waals surface area contributed by atoms with E-state index in [2.05, 4.69) is 36.6 Å². The minimum Gasteiger partial charge on any atom is -0.434 e. The first-order chi connectivity index (χ1) is 15.2. The molecular weight excluding hydrogens is 484 g/mol. The number of alkyl halides is 2. The molecule has 0 saturated heterocycles. The number of ether oxygens (including phenoxy) is 1. The molecule has 1 atom stereocenters. The van der Waals surface area contributed by atoms with Crippen molar-refractivity contribution in [1.29, 1.82) is 0 Å². The van der Waals surface area contributed by atoms with E-state index < -0.39 is 18.6 Å². The summed E-state index contributed by atoms with van der Waals surface area (Å²) >= 11 is 3.38. The summed E-state index contributed by atoms with van der Waals surface area (Å²) in [6.45, 7) is 2.58. The fourth-order valence-electron chi connectivity index (χ4n) is 3.75. The van der Waals surface area contributed by atoms with Crippen molar-refractivity contribution < 1.29 is 18.3 Å². The minimum atomic E-state index is -3.02. The van der Waals surface area contributed by atoms with Crippen molar-refractivity contribution in [1.82, 2.24) is 14.8 Å². The van der Waals surface area contributed by atoms with Gasteiger partial charge in [0.25, 0.3) is 5.91 Å². The summed E-state index contributed by atoms with van der Waals surface area (Å²) in [4.78, 5) is 17.6. The molecule has 0 aliphatic carbocycles. The third kappa shape index (κ3) is 4.22. The van der Waals surface area contributed by atoms with Gasteiger partial charge < -0.3 is 15.4 Å². The quantitative estimate of drug-likeness (QED) is 0.500. The van der Waals surface area contributed by atoms with Crippen LogP contribution in [0, 0.1) is 13.8 Å². The van der Waals surface area contributed by atoms with Crippen LogP contribution in [-0.2, 0) is 4.79 Å². The number of hydrogen-bond acceptors (Lipinski definition) is 5. The molecule has 0 spiro atoms. The van der Waals surface area contributed by atoms with Crippen molar-refractivity contribution in [3.05, 3.63) is 75.2 Å². The Morgan fingerprint density at radius 1 is 1.22 bits per heavy atom. The van der Waals surface area contributed by atoms with Gasteiger partial charge in [0.15, 0.2) is 0 Å². The highest BCUT2D eigenvalue weighted by molar-refractivity contribution is 9.10. The average molecular weight is 504 g/mol. The lowest BCUT2D eigenvalue weighted by Gasteiger charge is -2.30. The van der Waals surface area contributed by atoms with Gasteiger partial charge in [-0.1, -0.05) is 33.6 Å². The molecule has 10 heteroatoms. The summed E-state index contributed by atoms with van der Waals surface area (Å²) in [5.41, 5.74) is 3.81. The lowest BCUT2D eigenvalue weighted by Crippen LogP contribution is -2.32. The van der Waals surface area contributed by atoms with Gasteiger partial charge >= 0.3 is 6.61 Å². The number of amides is 1. The van der Waals surface area contributed by atoms with Crippen LogP contribution in [0.4, 0.5) is 20.4 Å². The molecule has 7 nitrogen and oxygen atoms in total. The summed E-state index contributed by atoms with van der Waals surface area (Å²) in [6, 6.07) is 9.51. The monoisotopic (exact) mass is 503 g/mol. The number of carbonyl (C=O) groups excluding carboxylic acids is 1. The van der Waals surface area contributed by atoms with Crippen molar-refractivity contribution in [2.45, 2.75) is 33.4 Å². The first-order valence-electron chi connectivity index (χ1n) is 9.74. The molecule has 0 radical (unpaired) electrons.